The summed E-state index contributed by atoms with van der Waals surface area (Å²) in [5.41, 5.74) is 0.794. The van der Waals surface area contributed by atoms with Gasteiger partial charge in [0.25, 0.3) is 0 Å². The summed E-state index contributed by atoms with van der Waals surface area (Å²) in [5, 5.41) is 3.31. The summed E-state index contributed by atoms with van der Waals surface area (Å²) < 4.78 is 0. The molecule has 4 heterocycles. The van der Waals surface area contributed by atoms with Gasteiger partial charge in [-0.25, -0.2) is 0 Å². The summed E-state index contributed by atoms with van der Waals surface area (Å²) in [7, 11) is 0. The second kappa shape index (κ2) is 6.04. The van der Waals surface area contributed by atoms with Crippen molar-refractivity contribution in [2.45, 2.75) is 39.3 Å². The molecule has 0 radical (unpaired) electrons. The van der Waals surface area contributed by atoms with E-state index in [9.17, 15) is 4.79 Å². The fraction of sp³-hybridized carbons (Fsp3) is 0.522. The van der Waals surface area contributed by atoms with Crippen LogP contribution in [0, 0.1) is 10.8 Å². The monoisotopic (exact) mass is 382 g/mol. The van der Waals surface area contributed by atoms with Gasteiger partial charge in [0.05, 0.1) is 17.0 Å². The molecule has 0 amide bonds. The molecule has 0 aromatic heterocycles. The summed E-state index contributed by atoms with van der Waals surface area (Å²) in [5.74, 6) is 0.512. The average molecular weight is 383 g/mol. The molecule has 27 heavy (non-hydrogen) atoms. The number of benzene rings is 2. The lowest BCUT2D eigenvalue weighted by molar-refractivity contribution is -0.201. The van der Waals surface area contributed by atoms with E-state index in [1.165, 1.54) is 16.3 Å². The molecule has 0 aliphatic carbocycles. The molecule has 2 aromatic carbocycles. The van der Waals surface area contributed by atoms with Gasteiger partial charge in [0.2, 0.25) is 0 Å². The third kappa shape index (κ3) is 2.45. The fourth-order valence-corrected chi connectivity index (χ4v) is 6.34. The van der Waals surface area contributed by atoms with Gasteiger partial charge in [-0.2, -0.15) is 0 Å². The minimum Gasteiger partial charge on any atom is -0.298 e. The topological polar surface area (TPSA) is 23.6 Å². The third-order valence-electron chi connectivity index (χ3n) is 7.02. The van der Waals surface area contributed by atoms with E-state index in [0.29, 0.717) is 5.78 Å². The number of nitrogens with zero attached hydrogens (tertiary/aromatic N) is 2. The Kier molecular flexibility index (Phi) is 3.95. The van der Waals surface area contributed by atoms with Crippen molar-refractivity contribution < 1.29 is 4.79 Å². The Morgan fingerprint density at radius 1 is 1.07 bits per heavy atom. The van der Waals surface area contributed by atoms with E-state index in [1.54, 1.807) is 0 Å². The van der Waals surface area contributed by atoms with Crippen molar-refractivity contribution in [3.05, 3.63) is 47.0 Å². The van der Waals surface area contributed by atoms with Crippen LogP contribution in [-0.2, 0) is 4.79 Å². The zero-order chi connectivity index (χ0) is 18.8. The van der Waals surface area contributed by atoms with Gasteiger partial charge in [-0.3, -0.25) is 14.6 Å². The first-order chi connectivity index (χ1) is 13.0. The van der Waals surface area contributed by atoms with E-state index in [2.05, 4.69) is 54.0 Å². The SMILES string of the molecule is CCCCC12CN3CC(C)(CN(C1)C3c1c(Cl)ccc3ccccc13)C2=O. The average Bonchev–Trinajstić information content (AvgIpc) is 2.65. The molecular formula is C23H27ClN2O. The number of carbonyl (C=O) groups excluding carboxylic acids is 1. The Bertz CT molecular complexity index is 908. The highest BCUT2D eigenvalue weighted by Crippen LogP contribution is 2.55. The fourth-order valence-electron chi connectivity index (χ4n) is 6.07. The number of hydrogen-bond donors (Lipinski definition) is 0. The lowest BCUT2D eigenvalue weighted by Gasteiger charge is -2.65. The second-order valence-corrected chi connectivity index (χ2v) is 9.55. The number of hydrogen-bond acceptors (Lipinski definition) is 3. The van der Waals surface area contributed by atoms with Gasteiger partial charge in [0.1, 0.15) is 5.78 Å². The van der Waals surface area contributed by atoms with Crippen LogP contribution in [0.3, 0.4) is 0 Å². The maximum atomic E-state index is 13.4. The summed E-state index contributed by atoms with van der Waals surface area (Å²) >= 11 is 6.76. The van der Waals surface area contributed by atoms with Crippen LogP contribution in [0.1, 0.15) is 44.8 Å². The van der Waals surface area contributed by atoms with Crippen molar-refractivity contribution >= 4 is 28.2 Å². The maximum Gasteiger partial charge on any atom is 0.150 e. The molecule has 0 N–H and O–H groups in total. The Morgan fingerprint density at radius 2 is 1.78 bits per heavy atom. The third-order valence-corrected chi connectivity index (χ3v) is 7.35. The summed E-state index contributed by atoms with van der Waals surface area (Å²) in [6.45, 7) is 7.84. The van der Waals surface area contributed by atoms with Gasteiger partial charge < -0.3 is 0 Å². The molecule has 4 fully saturated rings. The van der Waals surface area contributed by atoms with Gasteiger partial charge >= 0.3 is 0 Å². The highest BCUT2D eigenvalue weighted by atomic mass is 35.5. The Balaban J connectivity index is 1.61. The number of Topliss-reactive ketones (excluding diaryl/α,β-unsaturated/α-hetero) is 1. The van der Waals surface area contributed by atoms with Crippen molar-refractivity contribution in [1.82, 2.24) is 9.80 Å². The first kappa shape index (κ1) is 17.7. The number of unbranched alkanes of at least 4 members (excludes halogenated alkanes) is 1. The van der Waals surface area contributed by atoms with Crippen LogP contribution in [0.2, 0.25) is 5.02 Å². The number of fused-ring (bicyclic) bond motifs is 1. The number of piperidine rings is 2. The molecule has 142 valence electrons. The molecule has 4 aliphatic rings. The van der Waals surface area contributed by atoms with Crippen LogP contribution >= 0.6 is 11.6 Å². The molecule has 3 nitrogen and oxygen atoms in total. The van der Waals surface area contributed by atoms with Crippen molar-refractivity contribution in [1.29, 1.82) is 0 Å². The highest BCUT2D eigenvalue weighted by Gasteiger charge is 2.63. The minimum absolute atomic E-state index is 0.180. The molecule has 2 atom stereocenters. The predicted octanol–water partition coefficient (Wildman–Crippen LogP) is 4.89. The molecule has 0 saturated carbocycles. The van der Waals surface area contributed by atoms with E-state index in [1.807, 2.05) is 6.07 Å². The lowest BCUT2D eigenvalue weighted by atomic mass is 9.59. The first-order valence-corrected chi connectivity index (χ1v) is 10.6. The van der Waals surface area contributed by atoms with Gasteiger partial charge in [0.15, 0.2) is 0 Å². The number of halogens is 1. The van der Waals surface area contributed by atoms with E-state index >= 15 is 0 Å². The summed E-state index contributed by atoms with van der Waals surface area (Å²) in [6, 6.07) is 12.7. The quantitative estimate of drug-likeness (QED) is 0.752. The van der Waals surface area contributed by atoms with Crippen molar-refractivity contribution in [2.24, 2.45) is 10.8 Å². The van der Waals surface area contributed by atoms with Gasteiger partial charge in [-0.1, -0.05) is 68.6 Å². The van der Waals surface area contributed by atoms with Crippen LogP contribution in [-0.4, -0.2) is 41.8 Å². The Hall–Kier alpha value is -1.42. The first-order valence-electron chi connectivity index (χ1n) is 10.2. The Morgan fingerprint density at radius 3 is 2.48 bits per heavy atom. The summed E-state index contributed by atoms with van der Waals surface area (Å²) in [4.78, 5) is 18.4. The number of ketones is 1. The largest absolute Gasteiger partial charge is 0.298 e. The molecule has 6 rings (SSSR count). The number of carbonyl (C=O) groups is 1. The standard InChI is InChI=1S/C23H27ClN2O/c1-3-4-11-23-14-25-12-22(2,21(23)27)13-26(15-23)20(25)19-17-8-6-5-7-16(17)9-10-18(19)24/h5-10,20H,3-4,11-15H2,1-2H3. The minimum atomic E-state index is -0.238. The van der Waals surface area contributed by atoms with Crippen LogP contribution in [0.25, 0.3) is 10.8 Å². The van der Waals surface area contributed by atoms with Crippen molar-refractivity contribution in [2.75, 3.05) is 26.2 Å². The smallest absolute Gasteiger partial charge is 0.150 e. The van der Waals surface area contributed by atoms with E-state index in [4.69, 9.17) is 11.6 Å². The maximum absolute atomic E-state index is 13.4. The molecule has 4 bridgehead atoms. The van der Waals surface area contributed by atoms with Gasteiger partial charge in [-0.15, -0.1) is 0 Å². The van der Waals surface area contributed by atoms with Crippen molar-refractivity contribution in [3.8, 4) is 0 Å². The molecule has 2 unspecified atom stereocenters. The molecule has 4 heteroatoms. The van der Waals surface area contributed by atoms with E-state index in [0.717, 1.165) is 50.5 Å². The van der Waals surface area contributed by atoms with Gasteiger partial charge in [0, 0.05) is 36.8 Å². The molecule has 4 aliphatic heterocycles. The van der Waals surface area contributed by atoms with E-state index < -0.39 is 0 Å². The van der Waals surface area contributed by atoms with Crippen LogP contribution < -0.4 is 0 Å². The Labute approximate surface area is 166 Å². The normalized spacial score (nSPS) is 37.3. The lowest BCUT2D eigenvalue weighted by Crippen LogP contribution is -2.76. The molecule has 2 aromatic rings. The van der Waals surface area contributed by atoms with E-state index in [-0.39, 0.29) is 17.0 Å². The van der Waals surface area contributed by atoms with Crippen molar-refractivity contribution in [3.63, 3.8) is 0 Å². The van der Waals surface area contributed by atoms with Crippen LogP contribution in [0.4, 0.5) is 0 Å². The number of rotatable bonds is 4. The zero-order valence-corrected chi connectivity index (χ0v) is 16.9. The zero-order valence-electron chi connectivity index (χ0n) is 16.2. The van der Waals surface area contributed by atoms with Crippen LogP contribution in [0.15, 0.2) is 36.4 Å². The molecular weight excluding hydrogens is 356 g/mol. The van der Waals surface area contributed by atoms with Crippen LogP contribution in [0.5, 0.6) is 0 Å². The molecule has 0 spiro atoms. The summed E-state index contributed by atoms with van der Waals surface area (Å²) in [6.07, 6.45) is 3.47. The predicted molar refractivity (Wildman–Crippen MR) is 110 cm³/mol. The molecule has 4 saturated heterocycles. The van der Waals surface area contributed by atoms with Gasteiger partial charge in [-0.05, 0) is 23.3 Å². The highest BCUT2D eigenvalue weighted by molar-refractivity contribution is 6.32. The second-order valence-electron chi connectivity index (χ2n) is 9.14.